The fraction of sp³-hybridized carbons (Fsp3) is 0.500. The maximum atomic E-state index is 12.1. The van der Waals surface area contributed by atoms with E-state index in [0.717, 1.165) is 11.1 Å². The first kappa shape index (κ1) is 15.5. The average molecular weight is 290 g/mol. The molecule has 0 bridgehead atoms. The van der Waals surface area contributed by atoms with Crippen LogP contribution in [-0.4, -0.2) is 31.1 Å². The number of benzene rings is 1. The zero-order valence-electron chi connectivity index (χ0n) is 12.5. The molecule has 5 heteroatoms. The monoisotopic (exact) mass is 290 g/mol. The van der Waals surface area contributed by atoms with Crippen molar-refractivity contribution in [2.75, 3.05) is 13.2 Å². The molecule has 5 nitrogen and oxygen atoms in total. The molecule has 0 radical (unpaired) electrons. The highest BCUT2D eigenvalue weighted by Gasteiger charge is 2.27. The van der Waals surface area contributed by atoms with Crippen LogP contribution in [0.4, 0.5) is 0 Å². The number of carbonyl (C=O) groups is 2. The molecule has 1 heterocycles. The molecule has 0 aliphatic carbocycles. The van der Waals surface area contributed by atoms with E-state index in [1.807, 2.05) is 32.0 Å². The highest BCUT2D eigenvalue weighted by molar-refractivity contribution is 5.87. The van der Waals surface area contributed by atoms with Crippen LogP contribution in [0.3, 0.4) is 0 Å². The minimum absolute atomic E-state index is 0.153. The van der Waals surface area contributed by atoms with E-state index < -0.39 is 11.9 Å². The van der Waals surface area contributed by atoms with Crippen LogP contribution >= 0.6 is 0 Å². The molecule has 0 aromatic heterocycles. The van der Waals surface area contributed by atoms with E-state index >= 15 is 0 Å². The number of amides is 2. The molecule has 114 valence electrons. The van der Waals surface area contributed by atoms with Crippen LogP contribution in [0.15, 0.2) is 18.2 Å². The van der Waals surface area contributed by atoms with Crippen molar-refractivity contribution in [1.82, 2.24) is 5.32 Å². The highest BCUT2D eigenvalue weighted by Crippen LogP contribution is 2.14. The predicted molar refractivity (Wildman–Crippen MR) is 79.7 cm³/mol. The second-order valence-electron chi connectivity index (χ2n) is 5.65. The Morgan fingerprint density at radius 2 is 2.14 bits per heavy atom. The second-order valence-corrected chi connectivity index (χ2v) is 5.65. The molecule has 2 rings (SSSR count). The summed E-state index contributed by atoms with van der Waals surface area (Å²) < 4.78 is 5.19. The van der Waals surface area contributed by atoms with Gasteiger partial charge in [0.2, 0.25) is 11.8 Å². The van der Waals surface area contributed by atoms with E-state index in [4.69, 9.17) is 10.5 Å². The molecule has 2 amide bonds. The number of ether oxygens (including phenoxy) is 1. The van der Waals surface area contributed by atoms with Crippen molar-refractivity contribution in [2.24, 2.45) is 11.7 Å². The van der Waals surface area contributed by atoms with Crippen LogP contribution < -0.4 is 11.1 Å². The Balaban J connectivity index is 2.03. The predicted octanol–water partition coefficient (Wildman–Crippen LogP) is 0.853. The van der Waals surface area contributed by atoms with E-state index in [1.165, 1.54) is 5.56 Å². The molecule has 2 atom stereocenters. The van der Waals surface area contributed by atoms with Gasteiger partial charge in [-0.1, -0.05) is 18.2 Å². The zero-order valence-corrected chi connectivity index (χ0v) is 12.5. The van der Waals surface area contributed by atoms with Gasteiger partial charge in [0.15, 0.2) is 0 Å². The van der Waals surface area contributed by atoms with Crippen molar-refractivity contribution in [1.29, 1.82) is 0 Å². The number of aryl methyl sites for hydroxylation is 2. The van der Waals surface area contributed by atoms with E-state index in [-0.39, 0.29) is 11.8 Å². The summed E-state index contributed by atoms with van der Waals surface area (Å²) in [7, 11) is 0. The molecule has 0 spiro atoms. The quantitative estimate of drug-likeness (QED) is 0.843. The summed E-state index contributed by atoms with van der Waals surface area (Å²) in [6.07, 6.45) is 1.11. The molecule has 0 saturated carbocycles. The topological polar surface area (TPSA) is 81.4 Å². The molecule has 3 N–H and O–H groups in total. The summed E-state index contributed by atoms with van der Waals surface area (Å²) in [6.45, 7) is 5.07. The molecule has 0 unspecified atom stereocenters. The molecule has 1 aromatic carbocycles. The molecule has 21 heavy (non-hydrogen) atoms. The van der Waals surface area contributed by atoms with Gasteiger partial charge in [-0.3, -0.25) is 9.59 Å². The molecule has 1 aromatic rings. The van der Waals surface area contributed by atoms with Gasteiger partial charge >= 0.3 is 0 Å². The van der Waals surface area contributed by atoms with Crippen LogP contribution in [-0.2, 0) is 20.7 Å². The van der Waals surface area contributed by atoms with Gasteiger partial charge in [0.25, 0.3) is 0 Å². The van der Waals surface area contributed by atoms with Gasteiger partial charge in [-0.2, -0.15) is 0 Å². The summed E-state index contributed by atoms with van der Waals surface area (Å²) in [5.41, 5.74) is 8.76. The maximum absolute atomic E-state index is 12.1. The highest BCUT2D eigenvalue weighted by atomic mass is 16.5. The van der Waals surface area contributed by atoms with Crippen LogP contribution in [0.2, 0.25) is 0 Å². The van der Waals surface area contributed by atoms with E-state index in [1.54, 1.807) is 0 Å². The lowest BCUT2D eigenvalue weighted by Gasteiger charge is -2.18. The lowest BCUT2D eigenvalue weighted by atomic mass is 10.00. The smallest absolute Gasteiger partial charge is 0.240 e. The number of primary amides is 1. The minimum atomic E-state index is -0.680. The third-order valence-corrected chi connectivity index (χ3v) is 3.97. The number of hydrogen-bond acceptors (Lipinski definition) is 3. The lowest BCUT2D eigenvalue weighted by molar-refractivity contribution is -0.129. The van der Waals surface area contributed by atoms with Crippen molar-refractivity contribution in [3.8, 4) is 0 Å². The van der Waals surface area contributed by atoms with Gasteiger partial charge < -0.3 is 15.8 Å². The average Bonchev–Trinajstić information content (AvgIpc) is 2.96. The first-order valence-corrected chi connectivity index (χ1v) is 7.21. The summed E-state index contributed by atoms with van der Waals surface area (Å²) >= 11 is 0. The third-order valence-electron chi connectivity index (χ3n) is 3.97. The van der Waals surface area contributed by atoms with E-state index in [0.29, 0.717) is 26.1 Å². The Kier molecular flexibility index (Phi) is 4.96. The van der Waals surface area contributed by atoms with Gasteiger partial charge in [-0.05, 0) is 37.0 Å². The van der Waals surface area contributed by atoms with Crippen molar-refractivity contribution in [3.63, 3.8) is 0 Å². The Morgan fingerprint density at radius 3 is 2.71 bits per heavy atom. The van der Waals surface area contributed by atoms with E-state index in [9.17, 15) is 9.59 Å². The Morgan fingerprint density at radius 1 is 1.38 bits per heavy atom. The Hall–Kier alpha value is -1.88. The number of nitrogens with two attached hydrogens (primary N) is 1. The standard InChI is InChI=1S/C16H22N2O3/c1-10-3-4-12(7-11(10)2)8-14(15(17)19)18-16(20)13-5-6-21-9-13/h3-4,7,13-14H,5-6,8-9H2,1-2H3,(H2,17,19)(H,18,20)/t13-,14-/m1/s1. The van der Waals surface area contributed by atoms with Gasteiger partial charge in [0.05, 0.1) is 12.5 Å². The molecular formula is C16H22N2O3. The van der Waals surface area contributed by atoms with Crippen LogP contribution in [0, 0.1) is 19.8 Å². The summed E-state index contributed by atoms with van der Waals surface area (Å²) in [5, 5.41) is 2.75. The summed E-state index contributed by atoms with van der Waals surface area (Å²) in [4.78, 5) is 23.7. The second kappa shape index (κ2) is 6.72. The fourth-order valence-electron chi connectivity index (χ4n) is 2.42. The Bertz CT molecular complexity index is 536. The van der Waals surface area contributed by atoms with Crippen molar-refractivity contribution in [2.45, 2.75) is 32.7 Å². The zero-order chi connectivity index (χ0) is 15.4. The summed E-state index contributed by atoms with van der Waals surface area (Å²) in [6, 6.07) is 5.31. The molecule has 1 aliphatic rings. The van der Waals surface area contributed by atoms with Crippen molar-refractivity contribution in [3.05, 3.63) is 34.9 Å². The molecule has 1 aliphatic heterocycles. The Labute approximate surface area is 124 Å². The van der Waals surface area contributed by atoms with Gasteiger partial charge in [-0.25, -0.2) is 0 Å². The van der Waals surface area contributed by atoms with Gasteiger partial charge in [0.1, 0.15) is 6.04 Å². The van der Waals surface area contributed by atoms with Gasteiger partial charge in [-0.15, -0.1) is 0 Å². The summed E-state index contributed by atoms with van der Waals surface area (Å²) in [5.74, 6) is -0.841. The number of nitrogens with one attached hydrogen (secondary N) is 1. The van der Waals surface area contributed by atoms with Crippen molar-refractivity contribution < 1.29 is 14.3 Å². The maximum Gasteiger partial charge on any atom is 0.240 e. The number of rotatable bonds is 5. The van der Waals surface area contributed by atoms with Crippen molar-refractivity contribution >= 4 is 11.8 Å². The normalized spacial score (nSPS) is 19.2. The van der Waals surface area contributed by atoms with Crippen LogP contribution in [0.1, 0.15) is 23.1 Å². The minimum Gasteiger partial charge on any atom is -0.381 e. The number of carbonyl (C=O) groups excluding carboxylic acids is 2. The van der Waals surface area contributed by atoms with E-state index in [2.05, 4.69) is 5.32 Å². The largest absolute Gasteiger partial charge is 0.381 e. The molecule has 1 saturated heterocycles. The lowest BCUT2D eigenvalue weighted by Crippen LogP contribution is -2.48. The van der Waals surface area contributed by atoms with Gasteiger partial charge in [0, 0.05) is 13.0 Å². The number of hydrogen-bond donors (Lipinski definition) is 2. The first-order chi connectivity index (χ1) is 9.97. The van der Waals surface area contributed by atoms with Crippen LogP contribution in [0.25, 0.3) is 0 Å². The fourth-order valence-corrected chi connectivity index (χ4v) is 2.42. The third kappa shape index (κ3) is 4.04. The SMILES string of the molecule is Cc1ccc(C[C@@H](NC(=O)[C@@H]2CCOC2)C(N)=O)cc1C. The first-order valence-electron chi connectivity index (χ1n) is 7.21. The van der Waals surface area contributed by atoms with Crippen LogP contribution in [0.5, 0.6) is 0 Å². The molecule has 1 fully saturated rings. The molecular weight excluding hydrogens is 268 g/mol.